The van der Waals surface area contributed by atoms with Crippen molar-refractivity contribution < 1.29 is 9.18 Å². The maximum Gasteiger partial charge on any atom is 0.286 e. The fourth-order valence-corrected chi connectivity index (χ4v) is 4.51. The van der Waals surface area contributed by atoms with E-state index in [2.05, 4.69) is 9.89 Å². The quantitative estimate of drug-likeness (QED) is 0.663. The third-order valence-electron chi connectivity index (χ3n) is 4.73. The summed E-state index contributed by atoms with van der Waals surface area (Å²) in [6, 6.07) is 16.5. The summed E-state index contributed by atoms with van der Waals surface area (Å²) in [6.45, 7) is 2.69. The van der Waals surface area contributed by atoms with Gasteiger partial charge in [0.15, 0.2) is 5.17 Å². The van der Waals surface area contributed by atoms with Crippen LogP contribution in [0.4, 0.5) is 10.1 Å². The summed E-state index contributed by atoms with van der Waals surface area (Å²) in [5, 5.41) is 1.16. The van der Waals surface area contributed by atoms with Gasteiger partial charge in [0.25, 0.3) is 5.91 Å². The minimum atomic E-state index is -0.277. The van der Waals surface area contributed by atoms with Crippen LogP contribution < -0.4 is 4.90 Å². The molecule has 0 aliphatic carbocycles. The summed E-state index contributed by atoms with van der Waals surface area (Å²) >= 11 is 7.64. The second-order valence-corrected chi connectivity index (χ2v) is 8.12. The average molecular weight is 428 g/mol. The van der Waals surface area contributed by atoms with E-state index in [-0.39, 0.29) is 11.7 Å². The second-order valence-electron chi connectivity index (χ2n) is 6.68. The number of rotatable bonds is 3. The van der Waals surface area contributed by atoms with Crippen molar-refractivity contribution in [3.8, 4) is 0 Å². The van der Waals surface area contributed by atoms with Gasteiger partial charge in [-0.25, -0.2) is 4.39 Å². The average Bonchev–Trinajstić information content (AvgIpc) is 3.09. The number of thioether (sulfide) groups is 1. The maximum atomic E-state index is 14.0. The van der Waals surface area contributed by atoms with Gasteiger partial charge in [-0.2, -0.15) is 4.99 Å². The first kappa shape index (κ1) is 19.7. The Kier molecular flexibility index (Phi) is 6.02. The number of benzene rings is 2. The molecule has 4 nitrogen and oxygen atoms in total. The lowest BCUT2D eigenvalue weighted by molar-refractivity contribution is -0.113. The highest BCUT2D eigenvalue weighted by Crippen LogP contribution is 2.31. The molecule has 0 radical (unpaired) electrons. The first-order valence-electron chi connectivity index (χ1n) is 9.29. The molecular weight excluding hydrogens is 409 g/mol. The number of piperazine rings is 1. The maximum absolute atomic E-state index is 14.0. The van der Waals surface area contributed by atoms with Crippen LogP contribution in [-0.4, -0.2) is 42.2 Å². The molecule has 2 aromatic carbocycles. The zero-order valence-electron chi connectivity index (χ0n) is 15.6. The first-order valence-corrected chi connectivity index (χ1v) is 10.5. The van der Waals surface area contributed by atoms with Crippen LogP contribution in [0.25, 0.3) is 6.08 Å². The number of allylic oxidation sites excluding steroid dienone is 2. The van der Waals surface area contributed by atoms with Crippen molar-refractivity contribution in [2.24, 2.45) is 4.99 Å². The zero-order valence-corrected chi connectivity index (χ0v) is 17.2. The topological polar surface area (TPSA) is 35.9 Å². The molecule has 4 rings (SSSR count). The van der Waals surface area contributed by atoms with Gasteiger partial charge in [0.05, 0.1) is 10.6 Å². The van der Waals surface area contributed by atoms with Crippen LogP contribution in [0, 0.1) is 5.82 Å². The van der Waals surface area contributed by atoms with Crippen molar-refractivity contribution >= 4 is 46.2 Å². The lowest BCUT2D eigenvalue weighted by Gasteiger charge is -2.36. The van der Waals surface area contributed by atoms with Gasteiger partial charge in [0, 0.05) is 31.2 Å². The smallest absolute Gasteiger partial charge is 0.286 e. The van der Waals surface area contributed by atoms with Crippen LogP contribution >= 0.6 is 23.4 Å². The van der Waals surface area contributed by atoms with Crippen LogP contribution in [0.2, 0.25) is 0 Å². The van der Waals surface area contributed by atoms with Gasteiger partial charge in [0.1, 0.15) is 5.82 Å². The molecule has 7 heteroatoms. The van der Waals surface area contributed by atoms with Crippen LogP contribution in [0.3, 0.4) is 0 Å². The lowest BCUT2D eigenvalue weighted by Crippen LogP contribution is -2.48. The van der Waals surface area contributed by atoms with E-state index in [1.165, 1.54) is 17.8 Å². The van der Waals surface area contributed by atoms with E-state index in [1.807, 2.05) is 47.4 Å². The Bertz CT molecular complexity index is 998. The monoisotopic (exact) mass is 427 g/mol. The molecule has 0 unspecified atom stereocenters. The summed E-state index contributed by atoms with van der Waals surface area (Å²) < 4.78 is 14.0. The molecule has 0 atom stereocenters. The van der Waals surface area contributed by atoms with Crippen molar-refractivity contribution in [1.29, 1.82) is 0 Å². The number of hydrogen-bond acceptors (Lipinski definition) is 4. The predicted octanol–water partition coefficient (Wildman–Crippen LogP) is 4.74. The number of anilines is 1. The van der Waals surface area contributed by atoms with Crippen LogP contribution in [-0.2, 0) is 4.79 Å². The van der Waals surface area contributed by atoms with E-state index in [0.717, 1.165) is 5.56 Å². The molecule has 1 amide bonds. The summed E-state index contributed by atoms with van der Waals surface area (Å²) in [6.07, 6.45) is 3.47. The summed E-state index contributed by atoms with van der Waals surface area (Å²) in [4.78, 5) is 21.1. The van der Waals surface area contributed by atoms with Gasteiger partial charge >= 0.3 is 0 Å². The lowest BCUT2D eigenvalue weighted by atomic mass is 10.2. The van der Waals surface area contributed by atoms with Gasteiger partial charge in [-0.05, 0) is 41.6 Å². The fraction of sp³-hybridized carbons (Fsp3) is 0.182. The third-order valence-corrected chi connectivity index (χ3v) is 5.99. The third kappa shape index (κ3) is 4.71. The van der Waals surface area contributed by atoms with E-state index in [1.54, 1.807) is 18.2 Å². The highest BCUT2D eigenvalue weighted by Gasteiger charge is 2.29. The molecule has 0 N–H and O–H groups in total. The van der Waals surface area contributed by atoms with Crippen LogP contribution in [0.1, 0.15) is 5.56 Å². The van der Waals surface area contributed by atoms with Gasteiger partial charge in [0.2, 0.25) is 0 Å². The Morgan fingerprint density at radius 2 is 1.66 bits per heavy atom. The molecule has 0 spiro atoms. The predicted molar refractivity (Wildman–Crippen MR) is 119 cm³/mol. The zero-order chi connectivity index (χ0) is 20.2. The summed E-state index contributed by atoms with van der Waals surface area (Å²) in [5.41, 5.74) is 1.58. The molecule has 2 aliphatic rings. The molecular formula is C22H19ClFN3OS. The van der Waals surface area contributed by atoms with Crippen molar-refractivity contribution in [2.75, 3.05) is 31.1 Å². The molecule has 1 saturated heterocycles. The van der Waals surface area contributed by atoms with E-state index in [4.69, 9.17) is 11.6 Å². The first-order chi connectivity index (χ1) is 14.1. The van der Waals surface area contributed by atoms with Crippen LogP contribution in [0.15, 0.2) is 75.6 Å². The van der Waals surface area contributed by atoms with E-state index in [0.29, 0.717) is 47.0 Å². The molecule has 0 aromatic heterocycles. The Hall–Kier alpha value is -2.57. The minimum absolute atomic E-state index is 0.214. The molecule has 2 heterocycles. The van der Waals surface area contributed by atoms with Crippen molar-refractivity contribution in [3.63, 3.8) is 0 Å². The fourth-order valence-electron chi connectivity index (χ4n) is 3.26. The minimum Gasteiger partial charge on any atom is -0.366 e. The van der Waals surface area contributed by atoms with Crippen molar-refractivity contribution in [3.05, 3.63) is 82.0 Å². The van der Waals surface area contributed by atoms with Gasteiger partial charge < -0.3 is 9.80 Å². The molecule has 0 saturated carbocycles. The van der Waals surface area contributed by atoms with Crippen molar-refractivity contribution in [1.82, 2.24) is 4.90 Å². The highest BCUT2D eigenvalue weighted by atomic mass is 35.5. The Balaban J connectivity index is 1.39. The summed E-state index contributed by atoms with van der Waals surface area (Å²) in [5.74, 6) is -0.491. The number of aliphatic imine (C=N–C) groups is 1. The number of nitrogens with zero attached hydrogens (tertiary/aromatic N) is 3. The molecule has 2 aromatic rings. The van der Waals surface area contributed by atoms with Crippen molar-refractivity contribution in [2.45, 2.75) is 0 Å². The largest absolute Gasteiger partial charge is 0.366 e. The Morgan fingerprint density at radius 1 is 1.00 bits per heavy atom. The Labute approximate surface area is 178 Å². The molecule has 0 bridgehead atoms. The van der Waals surface area contributed by atoms with E-state index in [9.17, 15) is 9.18 Å². The number of carbonyl (C=O) groups excluding carboxylic acids is 1. The highest BCUT2D eigenvalue weighted by molar-refractivity contribution is 8.18. The van der Waals surface area contributed by atoms with Crippen LogP contribution in [0.5, 0.6) is 0 Å². The van der Waals surface area contributed by atoms with E-state index >= 15 is 0 Å². The second kappa shape index (κ2) is 8.84. The van der Waals surface area contributed by atoms with E-state index < -0.39 is 0 Å². The van der Waals surface area contributed by atoms with Gasteiger partial charge in [-0.1, -0.05) is 54.1 Å². The molecule has 148 valence electrons. The SMILES string of the molecule is O=C1N=C(N2CCN(c3ccccc3F)CC2)S/C1=C/C(Cl)=C/c1ccccc1. The standard InChI is InChI=1S/C22H19ClFN3OS/c23-17(14-16-6-2-1-3-7-16)15-20-21(28)25-22(29-20)27-12-10-26(11-13-27)19-9-5-4-8-18(19)24/h1-9,14-15H,10-13H2/b17-14-,20-15+. The number of halogens is 2. The number of amidine groups is 1. The number of carbonyl (C=O) groups is 1. The summed E-state index contributed by atoms with van der Waals surface area (Å²) in [7, 11) is 0. The normalized spacial score (nSPS) is 19.1. The number of amides is 1. The molecule has 2 aliphatic heterocycles. The number of para-hydroxylation sites is 1. The molecule has 29 heavy (non-hydrogen) atoms. The number of hydrogen-bond donors (Lipinski definition) is 0. The molecule has 1 fully saturated rings. The van der Waals surface area contributed by atoms with Gasteiger partial charge in [-0.3, -0.25) is 4.79 Å². The van der Waals surface area contributed by atoms with Gasteiger partial charge in [-0.15, -0.1) is 0 Å². The Morgan fingerprint density at radius 3 is 2.38 bits per heavy atom.